The molecule has 2 atom stereocenters. The molecule has 2 nitrogen and oxygen atoms in total. The highest BCUT2D eigenvalue weighted by Gasteiger charge is 2.22. The van der Waals surface area contributed by atoms with Gasteiger partial charge in [-0.05, 0) is 36.8 Å². The smallest absolute Gasteiger partial charge is 0.123 e. The molecule has 17 heavy (non-hydrogen) atoms. The lowest BCUT2D eigenvalue weighted by atomic mass is 9.94. The first kappa shape index (κ1) is 12.4. The monoisotopic (exact) mass is 234 g/mol. The van der Waals surface area contributed by atoms with Gasteiger partial charge in [-0.3, -0.25) is 0 Å². The highest BCUT2D eigenvalue weighted by Crippen LogP contribution is 2.30. The van der Waals surface area contributed by atoms with Gasteiger partial charge in [0.1, 0.15) is 11.9 Å². The predicted octanol–water partition coefficient (Wildman–Crippen LogP) is 3.49. The second kappa shape index (κ2) is 5.54. The molecule has 0 amide bonds. The molecule has 2 heteroatoms. The summed E-state index contributed by atoms with van der Waals surface area (Å²) < 4.78 is 6.06. The Bertz CT molecular complexity index is 360. The molecular formula is C15H22O2. The van der Waals surface area contributed by atoms with Crippen LogP contribution < -0.4 is 4.74 Å². The molecule has 0 saturated heterocycles. The zero-order valence-electron chi connectivity index (χ0n) is 10.7. The lowest BCUT2D eigenvalue weighted by Gasteiger charge is -2.28. The molecule has 0 heterocycles. The fraction of sp³-hybridized carbons (Fsp3) is 0.600. The minimum absolute atomic E-state index is 0.179. The Morgan fingerprint density at radius 3 is 2.71 bits per heavy atom. The van der Waals surface area contributed by atoms with Gasteiger partial charge in [-0.1, -0.05) is 32.0 Å². The van der Waals surface area contributed by atoms with Crippen LogP contribution in [0.25, 0.3) is 0 Å². The summed E-state index contributed by atoms with van der Waals surface area (Å²) in [6, 6.07) is 8.23. The molecule has 0 aromatic heterocycles. The van der Waals surface area contributed by atoms with Crippen molar-refractivity contribution in [2.24, 2.45) is 0 Å². The van der Waals surface area contributed by atoms with Crippen molar-refractivity contribution in [3.8, 4) is 5.75 Å². The summed E-state index contributed by atoms with van der Waals surface area (Å²) in [5.41, 5.74) is 1.26. The zero-order valence-corrected chi connectivity index (χ0v) is 10.7. The molecule has 1 aliphatic carbocycles. The van der Waals surface area contributed by atoms with E-state index in [1.165, 1.54) is 5.56 Å². The molecule has 94 valence electrons. The van der Waals surface area contributed by atoms with E-state index in [4.69, 9.17) is 4.74 Å². The Hall–Kier alpha value is -1.02. The van der Waals surface area contributed by atoms with E-state index in [9.17, 15) is 5.11 Å². The third kappa shape index (κ3) is 3.22. The molecule has 1 N–H and O–H groups in total. The maximum absolute atomic E-state index is 9.66. The zero-order chi connectivity index (χ0) is 12.3. The number of ether oxygens (including phenoxy) is 1. The van der Waals surface area contributed by atoms with Gasteiger partial charge in [-0.15, -0.1) is 0 Å². The molecule has 2 rings (SSSR count). The summed E-state index contributed by atoms with van der Waals surface area (Å²) in [6.45, 7) is 4.36. The first-order valence-corrected chi connectivity index (χ1v) is 6.60. The number of benzene rings is 1. The highest BCUT2D eigenvalue weighted by molar-refractivity contribution is 5.35. The number of hydrogen-bond acceptors (Lipinski definition) is 2. The van der Waals surface area contributed by atoms with Gasteiger partial charge in [0.2, 0.25) is 0 Å². The second-order valence-electron chi connectivity index (χ2n) is 5.25. The van der Waals surface area contributed by atoms with Crippen molar-refractivity contribution in [2.45, 2.75) is 57.7 Å². The van der Waals surface area contributed by atoms with Crippen molar-refractivity contribution in [3.63, 3.8) is 0 Å². The van der Waals surface area contributed by atoms with Crippen LogP contribution in [0.1, 0.15) is 51.0 Å². The van der Waals surface area contributed by atoms with E-state index in [1.807, 2.05) is 12.1 Å². The summed E-state index contributed by atoms with van der Waals surface area (Å²) in [4.78, 5) is 0. The lowest BCUT2D eigenvalue weighted by Crippen LogP contribution is -2.28. The van der Waals surface area contributed by atoms with E-state index in [2.05, 4.69) is 26.0 Å². The van der Waals surface area contributed by atoms with E-state index in [-0.39, 0.29) is 12.2 Å². The van der Waals surface area contributed by atoms with Gasteiger partial charge < -0.3 is 9.84 Å². The van der Waals surface area contributed by atoms with Crippen LogP contribution in [-0.2, 0) is 0 Å². The van der Waals surface area contributed by atoms with Crippen molar-refractivity contribution < 1.29 is 9.84 Å². The summed E-state index contributed by atoms with van der Waals surface area (Å²) in [5.74, 6) is 1.46. The van der Waals surface area contributed by atoms with Gasteiger partial charge in [0.15, 0.2) is 0 Å². The molecule has 1 fully saturated rings. The molecular weight excluding hydrogens is 212 g/mol. The van der Waals surface area contributed by atoms with E-state index in [0.29, 0.717) is 5.92 Å². The first-order valence-electron chi connectivity index (χ1n) is 6.60. The van der Waals surface area contributed by atoms with Gasteiger partial charge in [-0.25, -0.2) is 0 Å². The predicted molar refractivity (Wildman–Crippen MR) is 69.4 cm³/mol. The quantitative estimate of drug-likeness (QED) is 0.867. The molecule has 0 radical (unpaired) electrons. The Kier molecular flexibility index (Phi) is 4.06. The van der Waals surface area contributed by atoms with Crippen LogP contribution >= 0.6 is 0 Å². The molecule has 1 saturated carbocycles. The van der Waals surface area contributed by atoms with Crippen LogP contribution in [0.15, 0.2) is 24.3 Å². The molecule has 0 spiro atoms. The number of hydrogen-bond donors (Lipinski definition) is 1. The number of aliphatic hydroxyl groups excluding tert-OH is 1. The summed E-state index contributed by atoms with van der Waals surface area (Å²) in [5, 5.41) is 9.66. The van der Waals surface area contributed by atoms with Crippen molar-refractivity contribution in [1.29, 1.82) is 0 Å². The number of para-hydroxylation sites is 1. The third-order valence-corrected chi connectivity index (χ3v) is 3.43. The van der Waals surface area contributed by atoms with Crippen molar-refractivity contribution in [1.82, 2.24) is 0 Å². The van der Waals surface area contributed by atoms with E-state index in [1.54, 1.807) is 0 Å². The normalized spacial score (nSPS) is 24.9. The minimum atomic E-state index is -0.181. The molecule has 1 aromatic rings. The molecule has 2 unspecified atom stereocenters. The lowest BCUT2D eigenvalue weighted by molar-refractivity contribution is 0.0531. The van der Waals surface area contributed by atoms with Crippen LogP contribution in [0, 0.1) is 0 Å². The van der Waals surface area contributed by atoms with Gasteiger partial charge in [0.05, 0.1) is 6.10 Å². The van der Waals surface area contributed by atoms with Crippen LogP contribution in [0.4, 0.5) is 0 Å². The Morgan fingerprint density at radius 1 is 1.24 bits per heavy atom. The summed E-state index contributed by atoms with van der Waals surface area (Å²) in [6.07, 6.45) is 3.82. The summed E-state index contributed by atoms with van der Waals surface area (Å²) in [7, 11) is 0. The van der Waals surface area contributed by atoms with Gasteiger partial charge in [0.25, 0.3) is 0 Å². The van der Waals surface area contributed by atoms with Crippen LogP contribution in [0.5, 0.6) is 5.75 Å². The maximum atomic E-state index is 9.66. The van der Waals surface area contributed by atoms with Gasteiger partial charge in [-0.2, -0.15) is 0 Å². The fourth-order valence-corrected chi connectivity index (χ4v) is 2.47. The van der Waals surface area contributed by atoms with Gasteiger partial charge >= 0.3 is 0 Å². The SMILES string of the molecule is CC(C)c1ccccc1OC1CCCC(O)C1. The molecule has 0 aliphatic heterocycles. The topological polar surface area (TPSA) is 29.5 Å². The van der Waals surface area contributed by atoms with Crippen molar-refractivity contribution >= 4 is 0 Å². The molecule has 1 aliphatic rings. The molecule has 0 bridgehead atoms. The van der Waals surface area contributed by atoms with Crippen LogP contribution in [-0.4, -0.2) is 17.3 Å². The second-order valence-corrected chi connectivity index (χ2v) is 5.25. The van der Waals surface area contributed by atoms with E-state index >= 15 is 0 Å². The minimum Gasteiger partial charge on any atom is -0.490 e. The van der Waals surface area contributed by atoms with E-state index < -0.39 is 0 Å². The Morgan fingerprint density at radius 2 is 2.00 bits per heavy atom. The summed E-state index contributed by atoms with van der Waals surface area (Å²) >= 11 is 0. The standard InChI is InChI=1S/C15H22O2/c1-11(2)14-8-3-4-9-15(14)17-13-7-5-6-12(16)10-13/h3-4,8-9,11-13,16H,5-7,10H2,1-2H3. The van der Waals surface area contributed by atoms with Crippen molar-refractivity contribution in [3.05, 3.63) is 29.8 Å². The van der Waals surface area contributed by atoms with Crippen molar-refractivity contribution in [2.75, 3.05) is 0 Å². The third-order valence-electron chi connectivity index (χ3n) is 3.43. The average Bonchev–Trinajstić information content (AvgIpc) is 2.29. The maximum Gasteiger partial charge on any atom is 0.123 e. The Labute approximate surface area is 104 Å². The van der Waals surface area contributed by atoms with Crippen LogP contribution in [0.3, 0.4) is 0 Å². The largest absolute Gasteiger partial charge is 0.490 e. The first-order chi connectivity index (χ1) is 8.16. The highest BCUT2D eigenvalue weighted by atomic mass is 16.5. The number of aliphatic hydroxyl groups is 1. The average molecular weight is 234 g/mol. The molecule has 1 aromatic carbocycles. The van der Waals surface area contributed by atoms with E-state index in [0.717, 1.165) is 31.4 Å². The fourth-order valence-electron chi connectivity index (χ4n) is 2.47. The Balaban J connectivity index is 2.07. The number of rotatable bonds is 3. The van der Waals surface area contributed by atoms with Gasteiger partial charge in [0, 0.05) is 6.42 Å². The van der Waals surface area contributed by atoms with Crippen LogP contribution in [0.2, 0.25) is 0 Å².